The predicted octanol–water partition coefficient (Wildman–Crippen LogP) is 7.58. The fourth-order valence-corrected chi connectivity index (χ4v) is 6.77. The molecule has 0 spiro atoms. The molecule has 1 N–H and O–H groups in total. The van der Waals surface area contributed by atoms with Crippen LogP contribution in [0.3, 0.4) is 0 Å². The van der Waals surface area contributed by atoms with Crippen LogP contribution in [0.2, 0.25) is 0 Å². The highest BCUT2D eigenvalue weighted by Gasteiger charge is 2.44. The summed E-state index contributed by atoms with van der Waals surface area (Å²) in [4.78, 5) is 13.8. The summed E-state index contributed by atoms with van der Waals surface area (Å²) < 4.78 is 88.6. The highest BCUT2D eigenvalue weighted by Crippen LogP contribution is 2.46. The zero-order valence-corrected chi connectivity index (χ0v) is 20.8. The zero-order valence-electron chi connectivity index (χ0n) is 20.8. The van der Waals surface area contributed by atoms with E-state index in [4.69, 9.17) is 4.74 Å². The number of alkyl halides is 6. The number of halogens is 6. The molecule has 2 saturated heterocycles. The third kappa shape index (κ3) is 5.46. The van der Waals surface area contributed by atoms with Gasteiger partial charge in [0.1, 0.15) is 11.3 Å². The zero-order chi connectivity index (χ0) is 27.2. The summed E-state index contributed by atoms with van der Waals surface area (Å²) in [6.45, 7) is 0.266. The van der Waals surface area contributed by atoms with Gasteiger partial charge in [0.15, 0.2) is 0 Å². The lowest BCUT2D eigenvalue weighted by Gasteiger charge is -2.48. The second-order valence-corrected chi connectivity index (χ2v) is 11.0. The maximum absolute atomic E-state index is 14.6. The highest BCUT2D eigenvalue weighted by molar-refractivity contribution is 5.91. The van der Waals surface area contributed by atoms with Crippen LogP contribution in [0.15, 0.2) is 30.3 Å². The average molecular weight is 544 g/mol. The molecule has 2 aliphatic heterocycles. The van der Waals surface area contributed by atoms with Gasteiger partial charge in [-0.25, -0.2) is 0 Å². The van der Waals surface area contributed by atoms with Crippen LogP contribution in [0.25, 0.3) is 10.8 Å². The molecule has 0 amide bonds. The molecule has 0 radical (unpaired) electrons. The first-order chi connectivity index (χ1) is 17.9. The molecule has 10 heteroatoms. The van der Waals surface area contributed by atoms with E-state index < -0.39 is 41.8 Å². The molecule has 3 fully saturated rings. The largest absolute Gasteiger partial charge is 0.490 e. The summed E-state index contributed by atoms with van der Waals surface area (Å²) >= 11 is 0. The Morgan fingerprint density at radius 1 is 0.921 bits per heavy atom. The number of carbonyl (C=O) groups is 1. The van der Waals surface area contributed by atoms with Crippen LogP contribution in [0.1, 0.15) is 68.9 Å². The molecular formula is C28H31F6NO3. The highest BCUT2D eigenvalue weighted by atomic mass is 19.4. The molecule has 1 saturated carbocycles. The first-order valence-electron chi connectivity index (χ1n) is 13.3. The number of fused-ring (bicyclic) bond motifs is 3. The van der Waals surface area contributed by atoms with Crippen molar-refractivity contribution < 1.29 is 41.0 Å². The summed E-state index contributed by atoms with van der Waals surface area (Å²) in [5.74, 6) is -3.06. The lowest BCUT2D eigenvalue weighted by molar-refractivity contribution is -0.185. The van der Waals surface area contributed by atoms with Crippen LogP contribution < -0.4 is 4.74 Å². The van der Waals surface area contributed by atoms with Crippen molar-refractivity contribution >= 4 is 16.7 Å². The van der Waals surface area contributed by atoms with Gasteiger partial charge in [-0.2, -0.15) is 26.3 Å². The Labute approximate surface area is 216 Å². The standard InChI is InChI=1S/C28H31F6NO3/c29-27(30,31)19-8-10-22(11-9-19)38-23-12-7-16-3-1-4-17(24(16)25(23)28(32,33)34)15-35-20-5-2-6-21(35)14-18(13-20)26(36)37/h1,3-4,7,12,18-22H,2,5-6,8-11,13-15H2,(H,36,37). The minimum absolute atomic E-state index is 0.00329. The van der Waals surface area contributed by atoms with Gasteiger partial charge in [0.25, 0.3) is 0 Å². The van der Waals surface area contributed by atoms with Crippen LogP contribution >= 0.6 is 0 Å². The summed E-state index contributed by atoms with van der Waals surface area (Å²) in [5, 5.41) is 10.00. The average Bonchev–Trinajstić information content (AvgIpc) is 2.83. The molecule has 2 aromatic rings. The number of aliphatic carboxylic acids is 1. The van der Waals surface area contributed by atoms with E-state index in [2.05, 4.69) is 4.90 Å². The van der Waals surface area contributed by atoms with Crippen LogP contribution in [0, 0.1) is 11.8 Å². The lowest BCUT2D eigenvalue weighted by atomic mass is 9.78. The number of rotatable bonds is 5. The smallest absolute Gasteiger partial charge is 0.420 e. The number of nitrogens with zero attached hydrogens (tertiary/aromatic N) is 1. The Morgan fingerprint density at radius 2 is 1.58 bits per heavy atom. The second-order valence-electron chi connectivity index (χ2n) is 11.0. The molecule has 2 atom stereocenters. The first kappa shape index (κ1) is 27.1. The molecule has 2 heterocycles. The monoisotopic (exact) mass is 543 g/mol. The number of hydrogen-bond donors (Lipinski definition) is 1. The van der Waals surface area contributed by atoms with E-state index in [1.165, 1.54) is 6.07 Å². The Kier molecular flexibility index (Phi) is 7.30. The fraction of sp³-hybridized carbons (Fsp3) is 0.607. The van der Waals surface area contributed by atoms with Crippen LogP contribution in [0.5, 0.6) is 5.75 Å². The van der Waals surface area contributed by atoms with Gasteiger partial charge in [0, 0.05) is 24.0 Å². The van der Waals surface area contributed by atoms with Crippen molar-refractivity contribution in [1.82, 2.24) is 4.90 Å². The summed E-state index contributed by atoms with van der Waals surface area (Å²) in [7, 11) is 0. The maximum Gasteiger partial charge on any atom is 0.420 e. The number of carboxylic acids is 1. The van der Waals surface area contributed by atoms with Crippen molar-refractivity contribution in [3.8, 4) is 5.75 Å². The van der Waals surface area contributed by atoms with E-state index in [1.54, 1.807) is 24.3 Å². The van der Waals surface area contributed by atoms with E-state index in [9.17, 15) is 36.2 Å². The van der Waals surface area contributed by atoms with E-state index >= 15 is 0 Å². The van der Waals surface area contributed by atoms with Gasteiger partial charge in [-0.15, -0.1) is 0 Å². The third-order valence-corrected chi connectivity index (χ3v) is 8.64. The Morgan fingerprint density at radius 3 is 2.16 bits per heavy atom. The van der Waals surface area contributed by atoms with Gasteiger partial charge in [0.2, 0.25) is 0 Å². The fourth-order valence-electron chi connectivity index (χ4n) is 6.77. The Bertz CT molecular complexity index is 1160. The van der Waals surface area contributed by atoms with Gasteiger partial charge in [-0.1, -0.05) is 30.7 Å². The summed E-state index contributed by atoms with van der Waals surface area (Å²) in [6.07, 6.45) is -6.44. The van der Waals surface area contributed by atoms with Crippen LogP contribution in [-0.2, 0) is 17.5 Å². The van der Waals surface area contributed by atoms with Gasteiger partial charge in [-0.3, -0.25) is 9.69 Å². The molecule has 38 heavy (non-hydrogen) atoms. The molecule has 1 aliphatic carbocycles. The molecule has 5 rings (SSSR count). The van der Waals surface area contributed by atoms with Crippen LogP contribution in [0.4, 0.5) is 26.3 Å². The molecule has 3 aliphatic rings. The molecule has 0 aromatic heterocycles. The predicted molar refractivity (Wildman–Crippen MR) is 129 cm³/mol. The van der Waals surface area contributed by atoms with E-state index in [1.807, 2.05) is 0 Å². The molecule has 4 nitrogen and oxygen atoms in total. The first-order valence-corrected chi connectivity index (χ1v) is 13.3. The topological polar surface area (TPSA) is 49.8 Å². The normalized spacial score (nSPS) is 28.8. The number of hydrogen-bond acceptors (Lipinski definition) is 3. The van der Waals surface area contributed by atoms with Gasteiger partial charge in [-0.05, 0) is 68.4 Å². The number of ether oxygens (including phenoxy) is 1. The molecule has 2 bridgehead atoms. The molecule has 2 unspecified atom stereocenters. The van der Waals surface area contributed by atoms with Gasteiger partial charge in [0.05, 0.1) is 17.9 Å². The Hall–Kier alpha value is -2.49. The van der Waals surface area contributed by atoms with Gasteiger partial charge >= 0.3 is 18.3 Å². The van der Waals surface area contributed by atoms with E-state index in [0.717, 1.165) is 19.3 Å². The lowest BCUT2D eigenvalue weighted by Crippen LogP contribution is -2.52. The maximum atomic E-state index is 14.6. The summed E-state index contributed by atoms with van der Waals surface area (Å²) in [6, 6.07) is 7.85. The van der Waals surface area contributed by atoms with Crippen molar-refractivity contribution in [3.63, 3.8) is 0 Å². The third-order valence-electron chi connectivity index (χ3n) is 8.64. The van der Waals surface area contributed by atoms with Crippen molar-refractivity contribution in [2.24, 2.45) is 11.8 Å². The Balaban J connectivity index is 1.46. The molecule has 2 aromatic carbocycles. The number of carboxylic acid groups (broad SMARTS) is 1. The van der Waals surface area contributed by atoms with Crippen molar-refractivity contribution in [1.29, 1.82) is 0 Å². The quantitative estimate of drug-likeness (QED) is 0.395. The minimum Gasteiger partial charge on any atom is -0.490 e. The van der Waals surface area contributed by atoms with Crippen molar-refractivity contribution in [3.05, 3.63) is 41.5 Å². The summed E-state index contributed by atoms with van der Waals surface area (Å²) in [5.41, 5.74) is -0.402. The van der Waals surface area contributed by atoms with Crippen molar-refractivity contribution in [2.75, 3.05) is 0 Å². The number of piperidine rings is 2. The SMILES string of the molecule is O=C(O)C1CC2CCCC(C1)N2Cc1cccc2ccc(OC3CCC(C(F)(F)F)CC3)c(C(F)(F)F)c12. The van der Waals surface area contributed by atoms with E-state index in [0.29, 0.717) is 23.8 Å². The number of benzene rings is 2. The molecular weight excluding hydrogens is 512 g/mol. The minimum atomic E-state index is -4.74. The second kappa shape index (κ2) is 10.2. The van der Waals surface area contributed by atoms with Crippen LogP contribution in [-0.4, -0.2) is 40.3 Å². The molecule has 208 valence electrons. The van der Waals surface area contributed by atoms with Gasteiger partial charge < -0.3 is 9.84 Å². The van der Waals surface area contributed by atoms with E-state index in [-0.39, 0.29) is 55.4 Å². The van der Waals surface area contributed by atoms with Crippen molar-refractivity contribution in [2.45, 2.75) is 94.9 Å².